The van der Waals surface area contributed by atoms with Gasteiger partial charge in [-0.1, -0.05) is 18.9 Å². The second kappa shape index (κ2) is 5.53. The molecule has 0 bridgehead atoms. The van der Waals surface area contributed by atoms with Gasteiger partial charge in [0.15, 0.2) is 0 Å². The third-order valence-corrected chi connectivity index (χ3v) is 7.65. The molecule has 0 saturated heterocycles. The van der Waals surface area contributed by atoms with Crippen LogP contribution in [0.2, 0.25) is 0 Å². The van der Waals surface area contributed by atoms with Crippen LogP contribution in [0.1, 0.15) is 62.5 Å². The Morgan fingerprint density at radius 1 is 1.29 bits per heavy atom. The minimum Gasteiger partial charge on any atom is -0.497 e. The van der Waals surface area contributed by atoms with Gasteiger partial charge in [-0.05, 0) is 86.0 Å². The van der Waals surface area contributed by atoms with Crippen molar-refractivity contribution in [2.45, 2.75) is 63.4 Å². The maximum atomic E-state index is 11.1. The van der Waals surface area contributed by atoms with Crippen LogP contribution in [0.5, 0.6) is 5.75 Å². The summed E-state index contributed by atoms with van der Waals surface area (Å²) in [5.41, 5.74) is 2.03. The van der Waals surface area contributed by atoms with Gasteiger partial charge in [0.05, 0.1) is 7.11 Å². The topological polar surface area (TPSA) is 29.5 Å². The van der Waals surface area contributed by atoms with Gasteiger partial charge in [0, 0.05) is 5.41 Å². The Morgan fingerprint density at radius 3 is 2.83 bits per heavy atom. The average molecular weight is 324 g/mol. The molecular weight excluding hydrogens is 296 g/mol. The Hall–Kier alpha value is -1.46. The monoisotopic (exact) mass is 324 g/mol. The average Bonchev–Trinajstić information content (AvgIpc) is 2.94. The van der Waals surface area contributed by atoms with E-state index >= 15 is 0 Å². The summed E-state index contributed by atoms with van der Waals surface area (Å²) in [7, 11) is 1.74. The fourth-order valence-corrected chi connectivity index (χ4v) is 6.47. The highest BCUT2D eigenvalue weighted by atomic mass is 16.5. The van der Waals surface area contributed by atoms with Crippen molar-refractivity contribution < 1.29 is 9.84 Å². The lowest BCUT2D eigenvalue weighted by Crippen LogP contribution is -2.51. The zero-order valence-electron chi connectivity index (χ0n) is 14.8. The summed E-state index contributed by atoms with van der Waals surface area (Å²) in [5.74, 6) is 5.63. The zero-order chi connectivity index (χ0) is 16.9. The predicted molar refractivity (Wildman–Crippen MR) is 96.0 cm³/mol. The van der Waals surface area contributed by atoms with Crippen LogP contribution in [0.15, 0.2) is 18.2 Å². The Morgan fingerprint density at radius 2 is 2.12 bits per heavy atom. The van der Waals surface area contributed by atoms with Crippen molar-refractivity contribution in [1.29, 1.82) is 0 Å². The first-order valence-corrected chi connectivity index (χ1v) is 9.45. The molecule has 1 N–H and O–H groups in total. The van der Waals surface area contributed by atoms with Crippen LogP contribution in [0.4, 0.5) is 0 Å². The molecule has 0 radical (unpaired) electrons. The smallest absolute Gasteiger partial charge is 0.131 e. The molecule has 24 heavy (non-hydrogen) atoms. The van der Waals surface area contributed by atoms with Crippen molar-refractivity contribution in [2.75, 3.05) is 7.11 Å². The third-order valence-electron chi connectivity index (χ3n) is 7.65. The van der Waals surface area contributed by atoms with E-state index in [1.54, 1.807) is 7.11 Å². The largest absolute Gasteiger partial charge is 0.497 e. The van der Waals surface area contributed by atoms with Crippen molar-refractivity contribution in [3.8, 4) is 18.1 Å². The lowest BCUT2D eigenvalue weighted by Gasteiger charge is -2.53. The van der Waals surface area contributed by atoms with Gasteiger partial charge in [-0.25, -0.2) is 0 Å². The lowest BCUT2D eigenvalue weighted by atomic mass is 9.52. The molecule has 2 fully saturated rings. The number of terminal acetylenes is 1. The minimum atomic E-state index is -0.891. The summed E-state index contributed by atoms with van der Waals surface area (Å²) in [4.78, 5) is 0. The lowest BCUT2D eigenvalue weighted by molar-refractivity contribution is -0.0799. The number of aliphatic hydroxyl groups is 1. The summed E-state index contributed by atoms with van der Waals surface area (Å²) in [6, 6.07) is 6.61. The Labute approximate surface area is 145 Å². The van der Waals surface area contributed by atoms with E-state index in [1.165, 1.54) is 17.5 Å². The number of methoxy groups -OCH3 is 1. The molecule has 2 heteroatoms. The number of rotatable bonds is 2. The van der Waals surface area contributed by atoms with E-state index in [0.717, 1.165) is 44.3 Å². The first-order chi connectivity index (χ1) is 11.6. The number of benzene rings is 1. The molecule has 0 aliphatic heterocycles. The maximum absolute atomic E-state index is 11.1. The van der Waals surface area contributed by atoms with Gasteiger partial charge in [-0.15, -0.1) is 6.42 Å². The highest BCUT2D eigenvalue weighted by Gasteiger charge is 2.62. The number of hydrogen-bond acceptors (Lipinski definition) is 2. The van der Waals surface area contributed by atoms with E-state index in [9.17, 15) is 5.11 Å². The molecule has 1 aromatic carbocycles. The van der Waals surface area contributed by atoms with E-state index < -0.39 is 5.60 Å². The second-order valence-corrected chi connectivity index (χ2v) is 8.07. The highest BCUT2D eigenvalue weighted by molar-refractivity contribution is 5.41. The summed E-state index contributed by atoms with van der Waals surface area (Å²) in [6.45, 7) is 2.22. The Kier molecular flexibility index (Phi) is 3.69. The van der Waals surface area contributed by atoms with Crippen molar-refractivity contribution in [3.63, 3.8) is 0 Å². The molecule has 128 valence electrons. The van der Waals surface area contributed by atoms with Gasteiger partial charge in [0.1, 0.15) is 11.4 Å². The SMILES string of the molecule is C#CC1(O)CC[C@H]2[C@@H]3CCc4cc(OC)ccc4[C@H]3CCC21CC. The summed E-state index contributed by atoms with van der Waals surface area (Å²) in [6.07, 6.45) is 13.2. The molecule has 0 aromatic heterocycles. The Balaban J connectivity index is 1.71. The Bertz CT molecular complexity index is 688. The number of fused-ring (bicyclic) bond motifs is 5. The quantitative estimate of drug-likeness (QED) is 0.822. The highest BCUT2D eigenvalue weighted by Crippen LogP contribution is 2.65. The summed E-state index contributed by atoms with van der Waals surface area (Å²) < 4.78 is 5.41. The molecule has 2 nitrogen and oxygen atoms in total. The minimum absolute atomic E-state index is 0.0626. The first kappa shape index (κ1) is 16.0. The van der Waals surface area contributed by atoms with Gasteiger partial charge in [0.2, 0.25) is 0 Å². The number of ether oxygens (including phenoxy) is 1. The van der Waals surface area contributed by atoms with Gasteiger partial charge in [-0.3, -0.25) is 0 Å². The maximum Gasteiger partial charge on any atom is 0.131 e. The van der Waals surface area contributed by atoms with Crippen LogP contribution < -0.4 is 4.74 Å². The van der Waals surface area contributed by atoms with Crippen molar-refractivity contribution in [1.82, 2.24) is 0 Å². The molecule has 3 aliphatic carbocycles. The van der Waals surface area contributed by atoms with Crippen LogP contribution in [-0.2, 0) is 6.42 Å². The molecule has 3 aliphatic rings. The molecule has 5 atom stereocenters. The van der Waals surface area contributed by atoms with E-state index in [4.69, 9.17) is 11.2 Å². The first-order valence-electron chi connectivity index (χ1n) is 9.45. The zero-order valence-corrected chi connectivity index (χ0v) is 14.8. The molecular formula is C22H28O2. The van der Waals surface area contributed by atoms with Gasteiger partial charge >= 0.3 is 0 Å². The number of hydrogen-bond donors (Lipinski definition) is 1. The normalized spacial score (nSPS) is 40.2. The standard InChI is InChI=1S/C22H28O2/c1-4-21-12-10-18-17-9-7-16(24-3)14-15(17)6-8-19(18)20(21)11-13-22(21,23)5-2/h2,7,9,14,18-20,23H,4,6,8,10-13H2,1,3H3/t18-,19-,20+,21?,22?/m1/s1. The molecule has 0 amide bonds. The van der Waals surface area contributed by atoms with Crippen molar-refractivity contribution >= 4 is 0 Å². The summed E-state index contributed by atoms with van der Waals surface area (Å²) in [5, 5.41) is 11.1. The molecule has 1 aromatic rings. The predicted octanol–water partition coefficient (Wildman–Crippen LogP) is 4.31. The van der Waals surface area contributed by atoms with Crippen molar-refractivity contribution in [3.05, 3.63) is 29.3 Å². The molecule has 2 unspecified atom stereocenters. The van der Waals surface area contributed by atoms with Crippen LogP contribution >= 0.6 is 0 Å². The molecule has 0 spiro atoms. The van der Waals surface area contributed by atoms with E-state index in [1.807, 2.05) is 0 Å². The van der Waals surface area contributed by atoms with Crippen LogP contribution in [0.3, 0.4) is 0 Å². The van der Waals surface area contributed by atoms with E-state index in [2.05, 4.69) is 31.0 Å². The van der Waals surface area contributed by atoms with Crippen molar-refractivity contribution in [2.24, 2.45) is 17.3 Å². The molecule has 4 rings (SSSR count). The summed E-state index contributed by atoms with van der Waals surface area (Å²) >= 11 is 0. The van der Waals surface area contributed by atoms with Gasteiger partial charge in [-0.2, -0.15) is 0 Å². The van der Waals surface area contributed by atoms with Crippen LogP contribution in [0, 0.1) is 29.6 Å². The molecule has 2 saturated carbocycles. The van der Waals surface area contributed by atoms with Crippen LogP contribution in [0.25, 0.3) is 0 Å². The third kappa shape index (κ3) is 1.94. The fourth-order valence-electron chi connectivity index (χ4n) is 6.47. The van der Waals surface area contributed by atoms with Crippen LogP contribution in [-0.4, -0.2) is 17.8 Å². The second-order valence-electron chi connectivity index (χ2n) is 8.07. The van der Waals surface area contributed by atoms with E-state index in [0.29, 0.717) is 17.8 Å². The molecule has 0 heterocycles. The van der Waals surface area contributed by atoms with E-state index in [-0.39, 0.29) is 5.41 Å². The fraction of sp³-hybridized carbons (Fsp3) is 0.636. The van der Waals surface area contributed by atoms with Gasteiger partial charge in [0.25, 0.3) is 0 Å². The van der Waals surface area contributed by atoms with Gasteiger partial charge < -0.3 is 9.84 Å². The number of aryl methyl sites for hydroxylation is 1.